The monoisotopic (exact) mass is 332 g/mol. The molecule has 0 aliphatic carbocycles. The standard InChI is InChI=1S/C15H32N4O2S/c1-14(8-13-22(3,20)21)18-15(16-2)17-9-4-5-10-19-11-6-7-12-19/h14H,4-13H2,1-3H3,(H2,16,17,18). The predicted molar refractivity (Wildman–Crippen MR) is 93.2 cm³/mol. The lowest BCUT2D eigenvalue weighted by Gasteiger charge is -2.18. The smallest absolute Gasteiger partial charge is 0.191 e. The van der Waals surface area contributed by atoms with Crippen LogP contribution in [0.4, 0.5) is 0 Å². The van der Waals surface area contributed by atoms with E-state index in [9.17, 15) is 8.42 Å². The van der Waals surface area contributed by atoms with Gasteiger partial charge in [-0.15, -0.1) is 0 Å². The number of nitrogens with one attached hydrogen (secondary N) is 2. The lowest BCUT2D eigenvalue weighted by Crippen LogP contribution is -2.43. The summed E-state index contributed by atoms with van der Waals surface area (Å²) in [5, 5.41) is 6.53. The molecular formula is C15H32N4O2S. The van der Waals surface area contributed by atoms with Crippen LogP contribution in [-0.4, -0.2) is 70.6 Å². The van der Waals surface area contributed by atoms with Gasteiger partial charge in [0.25, 0.3) is 0 Å². The molecule has 0 radical (unpaired) electrons. The summed E-state index contributed by atoms with van der Waals surface area (Å²) >= 11 is 0. The average Bonchev–Trinajstić information content (AvgIpc) is 2.96. The van der Waals surface area contributed by atoms with E-state index in [0.717, 1.165) is 18.9 Å². The first-order valence-corrected chi connectivity index (χ1v) is 10.3. The van der Waals surface area contributed by atoms with Gasteiger partial charge in [0.2, 0.25) is 0 Å². The molecule has 1 aliphatic heterocycles. The Balaban J connectivity index is 2.10. The molecule has 0 saturated carbocycles. The quantitative estimate of drug-likeness (QED) is 0.372. The lowest BCUT2D eigenvalue weighted by atomic mass is 10.2. The van der Waals surface area contributed by atoms with Gasteiger partial charge >= 0.3 is 0 Å². The minimum atomic E-state index is -2.90. The third-order valence-corrected chi connectivity index (χ3v) is 4.90. The Morgan fingerprint density at radius 2 is 1.95 bits per heavy atom. The van der Waals surface area contributed by atoms with Crippen LogP contribution in [0.2, 0.25) is 0 Å². The maximum absolute atomic E-state index is 11.2. The van der Waals surface area contributed by atoms with Crippen molar-refractivity contribution in [2.75, 3.05) is 45.2 Å². The Labute approximate surface area is 135 Å². The van der Waals surface area contributed by atoms with Crippen LogP contribution in [0, 0.1) is 0 Å². The highest BCUT2D eigenvalue weighted by atomic mass is 32.2. The normalized spacial score (nSPS) is 18.4. The van der Waals surface area contributed by atoms with E-state index in [2.05, 4.69) is 20.5 Å². The second-order valence-corrected chi connectivity index (χ2v) is 8.48. The number of rotatable bonds is 9. The summed E-state index contributed by atoms with van der Waals surface area (Å²) in [7, 11) is -1.16. The summed E-state index contributed by atoms with van der Waals surface area (Å²) in [6.45, 7) is 6.58. The van der Waals surface area contributed by atoms with Gasteiger partial charge in [0, 0.05) is 25.9 Å². The summed E-state index contributed by atoms with van der Waals surface area (Å²) in [5.74, 6) is 0.954. The molecule has 130 valence electrons. The average molecular weight is 333 g/mol. The SMILES string of the molecule is CN=C(NCCCCN1CCCC1)NC(C)CCS(C)(=O)=O. The van der Waals surface area contributed by atoms with Gasteiger partial charge < -0.3 is 15.5 Å². The summed E-state index contributed by atoms with van der Waals surface area (Å²) in [4.78, 5) is 6.71. The van der Waals surface area contributed by atoms with Gasteiger partial charge in [-0.3, -0.25) is 4.99 Å². The van der Waals surface area contributed by atoms with Gasteiger partial charge in [-0.1, -0.05) is 0 Å². The van der Waals surface area contributed by atoms with Crippen LogP contribution in [0.3, 0.4) is 0 Å². The molecular weight excluding hydrogens is 300 g/mol. The van der Waals surface area contributed by atoms with Crippen LogP contribution < -0.4 is 10.6 Å². The van der Waals surface area contributed by atoms with Crippen molar-refractivity contribution in [2.45, 2.75) is 45.1 Å². The zero-order chi connectivity index (χ0) is 16.4. The first-order valence-electron chi connectivity index (χ1n) is 8.28. The molecule has 0 aromatic heterocycles. The van der Waals surface area contributed by atoms with Crippen molar-refractivity contribution >= 4 is 15.8 Å². The van der Waals surface area contributed by atoms with Gasteiger partial charge in [-0.05, 0) is 58.7 Å². The molecule has 7 heteroatoms. The van der Waals surface area contributed by atoms with Gasteiger partial charge in [0.1, 0.15) is 9.84 Å². The summed E-state index contributed by atoms with van der Waals surface area (Å²) < 4.78 is 22.3. The Hall–Kier alpha value is -0.820. The Morgan fingerprint density at radius 1 is 1.27 bits per heavy atom. The zero-order valence-electron chi connectivity index (χ0n) is 14.3. The van der Waals surface area contributed by atoms with E-state index in [4.69, 9.17) is 0 Å². The zero-order valence-corrected chi connectivity index (χ0v) is 15.1. The third-order valence-electron chi connectivity index (χ3n) is 3.92. The van der Waals surface area contributed by atoms with Gasteiger partial charge in [-0.25, -0.2) is 8.42 Å². The Morgan fingerprint density at radius 3 is 2.55 bits per heavy atom. The molecule has 1 unspecified atom stereocenters. The van der Waals surface area contributed by atoms with E-state index in [-0.39, 0.29) is 11.8 Å². The summed E-state index contributed by atoms with van der Waals surface area (Å²) in [6.07, 6.45) is 6.88. The maximum atomic E-state index is 11.2. The van der Waals surface area contributed by atoms with Crippen molar-refractivity contribution in [3.8, 4) is 0 Å². The van der Waals surface area contributed by atoms with Crippen molar-refractivity contribution in [1.29, 1.82) is 0 Å². The molecule has 6 nitrogen and oxygen atoms in total. The fourth-order valence-electron chi connectivity index (χ4n) is 2.56. The number of unbranched alkanes of at least 4 members (excludes halogenated alkanes) is 1. The molecule has 0 aromatic carbocycles. The van der Waals surface area contributed by atoms with Crippen LogP contribution in [0.5, 0.6) is 0 Å². The van der Waals surface area contributed by atoms with E-state index in [1.807, 2.05) is 6.92 Å². The Bertz CT molecular complexity index is 431. The molecule has 1 fully saturated rings. The number of hydrogen-bond acceptors (Lipinski definition) is 4. The minimum Gasteiger partial charge on any atom is -0.356 e. The number of nitrogens with zero attached hydrogens (tertiary/aromatic N) is 2. The van der Waals surface area contributed by atoms with Crippen LogP contribution in [-0.2, 0) is 9.84 Å². The maximum Gasteiger partial charge on any atom is 0.191 e. The van der Waals surface area contributed by atoms with Crippen LogP contribution in [0.1, 0.15) is 39.0 Å². The van der Waals surface area contributed by atoms with E-state index < -0.39 is 9.84 Å². The first kappa shape index (κ1) is 19.2. The van der Waals surface area contributed by atoms with Crippen LogP contribution >= 0.6 is 0 Å². The van der Waals surface area contributed by atoms with Crippen molar-refractivity contribution in [3.05, 3.63) is 0 Å². The predicted octanol–water partition coefficient (Wildman–Crippen LogP) is 0.851. The number of sulfone groups is 1. The van der Waals surface area contributed by atoms with Crippen LogP contribution in [0.25, 0.3) is 0 Å². The fourth-order valence-corrected chi connectivity index (χ4v) is 3.35. The molecule has 1 aliphatic rings. The molecule has 0 spiro atoms. The molecule has 2 N–H and O–H groups in total. The highest BCUT2D eigenvalue weighted by Crippen LogP contribution is 2.07. The van der Waals surface area contributed by atoms with E-state index in [1.54, 1.807) is 7.05 Å². The molecule has 0 bridgehead atoms. The van der Waals surface area contributed by atoms with Crippen LogP contribution in [0.15, 0.2) is 4.99 Å². The van der Waals surface area contributed by atoms with Crippen molar-refractivity contribution in [3.63, 3.8) is 0 Å². The van der Waals surface area contributed by atoms with E-state index in [1.165, 1.54) is 45.2 Å². The summed E-state index contributed by atoms with van der Waals surface area (Å²) in [5.41, 5.74) is 0. The first-order chi connectivity index (χ1) is 10.4. The second kappa shape index (κ2) is 10.0. The fraction of sp³-hybridized carbons (Fsp3) is 0.933. The molecule has 1 heterocycles. The highest BCUT2D eigenvalue weighted by molar-refractivity contribution is 7.90. The molecule has 0 aromatic rings. The molecule has 1 saturated heterocycles. The molecule has 1 atom stereocenters. The third kappa shape index (κ3) is 9.25. The van der Waals surface area contributed by atoms with Gasteiger partial charge in [-0.2, -0.15) is 0 Å². The highest BCUT2D eigenvalue weighted by Gasteiger charge is 2.11. The largest absolute Gasteiger partial charge is 0.356 e. The number of aliphatic imine (C=N–C) groups is 1. The van der Waals surface area contributed by atoms with Gasteiger partial charge in [0.15, 0.2) is 5.96 Å². The molecule has 1 rings (SSSR count). The van der Waals surface area contributed by atoms with Gasteiger partial charge in [0.05, 0.1) is 5.75 Å². The molecule has 0 amide bonds. The molecule has 22 heavy (non-hydrogen) atoms. The minimum absolute atomic E-state index is 0.0884. The van der Waals surface area contributed by atoms with Crippen molar-refractivity contribution in [2.24, 2.45) is 4.99 Å². The second-order valence-electron chi connectivity index (χ2n) is 6.22. The van der Waals surface area contributed by atoms with E-state index >= 15 is 0 Å². The van der Waals surface area contributed by atoms with E-state index in [0.29, 0.717) is 6.42 Å². The number of likely N-dealkylation sites (tertiary alicyclic amines) is 1. The topological polar surface area (TPSA) is 73.8 Å². The number of hydrogen-bond donors (Lipinski definition) is 2. The lowest BCUT2D eigenvalue weighted by molar-refractivity contribution is 0.330. The Kier molecular flexibility index (Phi) is 8.78. The van der Waals surface area contributed by atoms with Crippen molar-refractivity contribution < 1.29 is 8.42 Å². The number of guanidine groups is 1. The van der Waals surface area contributed by atoms with Crippen molar-refractivity contribution in [1.82, 2.24) is 15.5 Å². The summed E-state index contributed by atoms with van der Waals surface area (Å²) in [6, 6.07) is 0.0884.